The Labute approximate surface area is 149 Å². The van der Waals surface area contributed by atoms with Gasteiger partial charge in [-0.15, -0.1) is 0 Å². The summed E-state index contributed by atoms with van der Waals surface area (Å²) in [6, 6.07) is 3.32. The molecular weight excluding hydrogens is 353 g/mol. The van der Waals surface area contributed by atoms with Gasteiger partial charge in [0, 0.05) is 13.1 Å². The van der Waals surface area contributed by atoms with Gasteiger partial charge in [0.2, 0.25) is 5.95 Å². The Bertz CT molecular complexity index is 807. The zero-order valence-corrected chi connectivity index (χ0v) is 14.6. The van der Waals surface area contributed by atoms with Crippen LogP contribution in [0.1, 0.15) is 25.7 Å². The first-order valence-electron chi connectivity index (χ1n) is 8.08. The van der Waals surface area contributed by atoms with Crippen LogP contribution >= 0.6 is 23.2 Å². The molecule has 1 aromatic carbocycles. The molecule has 1 aliphatic carbocycles. The summed E-state index contributed by atoms with van der Waals surface area (Å²) in [6.45, 7) is 1.14. The first-order chi connectivity index (χ1) is 11.4. The van der Waals surface area contributed by atoms with Gasteiger partial charge in [0.15, 0.2) is 5.72 Å². The van der Waals surface area contributed by atoms with Gasteiger partial charge in [0.25, 0.3) is 0 Å². The molecule has 1 aromatic heterocycles. The molecule has 2 heterocycles. The van der Waals surface area contributed by atoms with Crippen LogP contribution < -0.4 is 4.90 Å². The van der Waals surface area contributed by atoms with Crippen LogP contribution in [0, 0.1) is 0 Å². The predicted octanol–water partition coefficient (Wildman–Crippen LogP) is 2.11. The summed E-state index contributed by atoms with van der Waals surface area (Å²) in [5.74, 6) is 0.575. The van der Waals surface area contributed by atoms with Gasteiger partial charge in [-0.1, -0.05) is 23.2 Å². The lowest BCUT2D eigenvalue weighted by molar-refractivity contribution is -0.196. The molecule has 2 atom stereocenters. The highest BCUT2D eigenvalue weighted by Gasteiger charge is 2.56. The highest BCUT2D eigenvalue weighted by molar-refractivity contribution is 6.42. The lowest BCUT2D eigenvalue weighted by atomic mass is 9.94. The van der Waals surface area contributed by atoms with Crippen molar-refractivity contribution < 1.29 is 15.3 Å². The Kier molecular flexibility index (Phi) is 3.75. The summed E-state index contributed by atoms with van der Waals surface area (Å²) in [5, 5.41) is 32.7. The van der Waals surface area contributed by atoms with Crippen molar-refractivity contribution in [1.29, 1.82) is 0 Å². The third-order valence-electron chi connectivity index (χ3n) is 5.31. The Morgan fingerprint density at radius 1 is 1.08 bits per heavy atom. The van der Waals surface area contributed by atoms with E-state index >= 15 is 0 Å². The van der Waals surface area contributed by atoms with Gasteiger partial charge < -0.3 is 20.2 Å². The van der Waals surface area contributed by atoms with E-state index in [1.54, 1.807) is 16.7 Å². The van der Waals surface area contributed by atoms with Crippen LogP contribution in [-0.4, -0.2) is 50.2 Å². The second-order valence-corrected chi connectivity index (χ2v) is 7.52. The van der Waals surface area contributed by atoms with Crippen LogP contribution in [0.2, 0.25) is 10.0 Å². The molecule has 1 saturated carbocycles. The summed E-state index contributed by atoms with van der Waals surface area (Å²) in [7, 11) is 0. The summed E-state index contributed by atoms with van der Waals surface area (Å²) >= 11 is 12.3. The zero-order valence-electron chi connectivity index (χ0n) is 13.0. The molecule has 1 aliphatic heterocycles. The van der Waals surface area contributed by atoms with Crippen molar-refractivity contribution in [3.8, 4) is 0 Å². The van der Waals surface area contributed by atoms with Crippen LogP contribution in [0.5, 0.6) is 0 Å². The van der Waals surface area contributed by atoms with Gasteiger partial charge >= 0.3 is 0 Å². The number of imidazole rings is 1. The minimum absolute atomic E-state index is 0.320. The van der Waals surface area contributed by atoms with E-state index in [0.717, 1.165) is 19.5 Å². The molecule has 2 fully saturated rings. The Hall–Kier alpha value is -1.05. The SMILES string of the molecule is OCC1(O)CCCC1(O)n1c(N2CCC2)nc2cc(Cl)c(Cl)cc21. The molecule has 2 aromatic rings. The van der Waals surface area contributed by atoms with Crippen molar-refractivity contribution in [2.24, 2.45) is 0 Å². The van der Waals surface area contributed by atoms with Gasteiger partial charge in [0.1, 0.15) is 5.60 Å². The number of fused-ring (bicyclic) bond motifs is 1. The van der Waals surface area contributed by atoms with E-state index in [1.165, 1.54) is 0 Å². The van der Waals surface area contributed by atoms with Crippen LogP contribution in [0.15, 0.2) is 12.1 Å². The molecule has 1 saturated heterocycles. The van der Waals surface area contributed by atoms with Gasteiger partial charge in [-0.3, -0.25) is 4.57 Å². The third kappa shape index (κ3) is 2.10. The number of anilines is 1. The molecule has 2 unspecified atom stereocenters. The van der Waals surface area contributed by atoms with Gasteiger partial charge in [-0.05, 0) is 37.8 Å². The average Bonchev–Trinajstić information content (AvgIpc) is 2.97. The van der Waals surface area contributed by atoms with Crippen molar-refractivity contribution >= 4 is 40.2 Å². The van der Waals surface area contributed by atoms with Crippen LogP contribution in [-0.2, 0) is 5.72 Å². The number of rotatable bonds is 3. The Balaban J connectivity index is 2.00. The zero-order chi connectivity index (χ0) is 17.1. The van der Waals surface area contributed by atoms with E-state index in [4.69, 9.17) is 23.2 Å². The van der Waals surface area contributed by atoms with Gasteiger partial charge in [-0.2, -0.15) is 0 Å². The second-order valence-electron chi connectivity index (χ2n) is 6.70. The van der Waals surface area contributed by atoms with E-state index in [9.17, 15) is 15.3 Å². The molecular formula is C16H19Cl2N3O3. The maximum Gasteiger partial charge on any atom is 0.209 e. The fourth-order valence-corrected chi connectivity index (χ4v) is 4.05. The van der Waals surface area contributed by atoms with Crippen LogP contribution in [0.3, 0.4) is 0 Å². The van der Waals surface area contributed by atoms with Crippen LogP contribution in [0.4, 0.5) is 5.95 Å². The van der Waals surface area contributed by atoms with Crippen molar-refractivity contribution in [2.75, 3.05) is 24.6 Å². The highest BCUT2D eigenvalue weighted by atomic mass is 35.5. The van der Waals surface area contributed by atoms with Crippen molar-refractivity contribution in [1.82, 2.24) is 9.55 Å². The second kappa shape index (κ2) is 5.47. The third-order valence-corrected chi connectivity index (χ3v) is 6.03. The number of halogens is 2. The molecule has 2 aliphatic rings. The first kappa shape index (κ1) is 16.4. The fourth-order valence-electron chi connectivity index (χ4n) is 3.74. The van der Waals surface area contributed by atoms with E-state index in [1.807, 2.05) is 4.90 Å². The first-order valence-corrected chi connectivity index (χ1v) is 8.84. The molecule has 0 amide bonds. The Morgan fingerprint density at radius 3 is 2.42 bits per heavy atom. The van der Waals surface area contributed by atoms with E-state index in [-0.39, 0.29) is 0 Å². The minimum Gasteiger partial charge on any atom is -0.393 e. The number of aliphatic hydroxyl groups is 3. The molecule has 0 radical (unpaired) electrons. The number of hydrogen-bond donors (Lipinski definition) is 3. The van der Waals surface area contributed by atoms with E-state index < -0.39 is 17.9 Å². The summed E-state index contributed by atoms with van der Waals surface area (Å²) < 4.78 is 1.63. The molecule has 130 valence electrons. The maximum atomic E-state index is 11.4. The quantitative estimate of drug-likeness (QED) is 0.769. The molecule has 3 N–H and O–H groups in total. The Morgan fingerprint density at radius 2 is 1.79 bits per heavy atom. The van der Waals surface area contributed by atoms with E-state index in [0.29, 0.717) is 46.3 Å². The lowest BCUT2D eigenvalue weighted by Gasteiger charge is -2.42. The number of benzene rings is 1. The van der Waals surface area contributed by atoms with Crippen molar-refractivity contribution in [2.45, 2.75) is 37.0 Å². The molecule has 4 rings (SSSR count). The number of aromatic nitrogens is 2. The number of nitrogens with zero attached hydrogens (tertiary/aromatic N) is 3. The smallest absolute Gasteiger partial charge is 0.209 e. The number of hydrogen-bond acceptors (Lipinski definition) is 5. The van der Waals surface area contributed by atoms with Crippen molar-refractivity contribution in [3.05, 3.63) is 22.2 Å². The predicted molar refractivity (Wildman–Crippen MR) is 92.7 cm³/mol. The topological polar surface area (TPSA) is 81.8 Å². The summed E-state index contributed by atoms with van der Waals surface area (Å²) in [5.41, 5.74) is -2.06. The van der Waals surface area contributed by atoms with Gasteiger partial charge in [-0.25, -0.2) is 4.98 Å². The molecule has 0 bridgehead atoms. The lowest BCUT2D eigenvalue weighted by Crippen LogP contribution is -2.55. The molecule has 8 heteroatoms. The summed E-state index contributed by atoms with van der Waals surface area (Å²) in [6.07, 6.45) is 2.30. The largest absolute Gasteiger partial charge is 0.393 e. The average molecular weight is 372 g/mol. The number of aliphatic hydroxyl groups excluding tert-OH is 1. The van der Waals surface area contributed by atoms with Crippen molar-refractivity contribution in [3.63, 3.8) is 0 Å². The normalized spacial score (nSPS) is 30.1. The minimum atomic E-state index is -1.64. The monoisotopic (exact) mass is 371 g/mol. The fraction of sp³-hybridized carbons (Fsp3) is 0.562. The van der Waals surface area contributed by atoms with E-state index in [2.05, 4.69) is 4.98 Å². The maximum absolute atomic E-state index is 11.4. The highest BCUT2D eigenvalue weighted by Crippen LogP contribution is 2.47. The molecule has 6 nitrogen and oxygen atoms in total. The standard InChI is InChI=1S/C16H19Cl2N3O3/c17-10-7-12-13(8-11(10)18)21(14(19-12)20-5-2-6-20)16(24)4-1-3-15(16,23)9-22/h7-8,22-24H,1-6,9H2. The molecule has 24 heavy (non-hydrogen) atoms. The summed E-state index contributed by atoms with van der Waals surface area (Å²) in [4.78, 5) is 6.66. The van der Waals surface area contributed by atoms with Gasteiger partial charge in [0.05, 0.1) is 27.7 Å². The van der Waals surface area contributed by atoms with Crippen LogP contribution in [0.25, 0.3) is 11.0 Å². The molecule has 0 spiro atoms.